The molecule has 7 heteroatoms. The molecule has 1 amide bonds. The van der Waals surface area contributed by atoms with Gasteiger partial charge in [0.1, 0.15) is 22.7 Å². The molecule has 0 saturated carbocycles. The maximum atomic E-state index is 12.9. The largest absolute Gasteiger partial charge is 0.360 e. The predicted octanol–water partition coefficient (Wildman–Crippen LogP) is 6.04. The zero-order valence-corrected chi connectivity index (χ0v) is 17.9. The first-order valence-corrected chi connectivity index (χ1v) is 10.4. The van der Waals surface area contributed by atoms with Crippen molar-refractivity contribution >= 4 is 28.3 Å². The normalized spacial score (nSPS) is 11.1. The molecule has 158 valence electrons. The van der Waals surface area contributed by atoms with E-state index in [0.717, 1.165) is 16.3 Å². The lowest BCUT2D eigenvalue weighted by Crippen LogP contribution is -2.23. The Kier molecular flexibility index (Phi) is 5.21. The molecule has 5 aromatic rings. The average Bonchev–Trinajstić information content (AvgIpc) is 3.44. The van der Waals surface area contributed by atoms with E-state index in [9.17, 15) is 4.79 Å². The van der Waals surface area contributed by atoms with Crippen LogP contribution in [0.25, 0.3) is 33.4 Å². The van der Waals surface area contributed by atoms with E-state index in [-0.39, 0.29) is 12.5 Å². The number of rotatable bonds is 5. The molecular weight excluding hydrogens is 426 g/mol. The van der Waals surface area contributed by atoms with E-state index >= 15 is 0 Å². The lowest BCUT2D eigenvalue weighted by Gasteiger charge is -2.05. The zero-order valence-electron chi connectivity index (χ0n) is 17.1. The molecule has 0 unspecified atom stereocenters. The number of benzene rings is 3. The lowest BCUT2D eigenvalue weighted by molar-refractivity contribution is 0.0949. The average molecular weight is 444 g/mol. The van der Waals surface area contributed by atoms with Gasteiger partial charge in [-0.2, -0.15) is 0 Å². The highest BCUT2D eigenvalue weighted by Crippen LogP contribution is 2.31. The molecule has 6 nitrogen and oxygen atoms in total. The van der Waals surface area contributed by atoms with Crippen LogP contribution in [0.1, 0.15) is 21.8 Å². The Balaban J connectivity index is 1.34. The number of halogens is 1. The van der Waals surface area contributed by atoms with Crippen LogP contribution in [0.2, 0.25) is 5.02 Å². The molecule has 0 aliphatic rings. The molecule has 0 aliphatic heterocycles. The van der Waals surface area contributed by atoms with Crippen LogP contribution in [0.4, 0.5) is 0 Å². The Hall–Kier alpha value is -3.90. The topological polar surface area (TPSA) is 81.2 Å². The Morgan fingerprint density at radius 3 is 2.56 bits per heavy atom. The van der Waals surface area contributed by atoms with Crippen molar-refractivity contribution in [2.75, 3.05) is 0 Å². The van der Waals surface area contributed by atoms with Crippen molar-refractivity contribution in [1.82, 2.24) is 15.6 Å². The summed E-state index contributed by atoms with van der Waals surface area (Å²) < 4.78 is 10.8. The van der Waals surface area contributed by atoms with Gasteiger partial charge in [0.15, 0.2) is 5.76 Å². The van der Waals surface area contributed by atoms with Gasteiger partial charge in [0.05, 0.1) is 11.6 Å². The summed E-state index contributed by atoms with van der Waals surface area (Å²) in [6, 6.07) is 23.2. The van der Waals surface area contributed by atoms with Crippen LogP contribution < -0.4 is 5.32 Å². The summed E-state index contributed by atoms with van der Waals surface area (Å²) in [6.07, 6.45) is 0. The highest BCUT2D eigenvalue weighted by molar-refractivity contribution is 6.33. The van der Waals surface area contributed by atoms with Crippen LogP contribution in [0.3, 0.4) is 0 Å². The predicted molar refractivity (Wildman–Crippen MR) is 122 cm³/mol. The van der Waals surface area contributed by atoms with E-state index in [1.807, 2.05) is 48.5 Å². The van der Waals surface area contributed by atoms with E-state index in [1.165, 1.54) is 0 Å². The van der Waals surface area contributed by atoms with Gasteiger partial charge in [0.25, 0.3) is 5.91 Å². The SMILES string of the molecule is Cc1onc(-c2ccccc2Cl)c1C(=O)NCc1cc(-c2ccc3ccccc3c2)on1. The monoisotopic (exact) mass is 443 g/mol. The second-order valence-electron chi connectivity index (χ2n) is 7.37. The number of carbonyl (C=O) groups excluding carboxylic acids is 1. The van der Waals surface area contributed by atoms with Gasteiger partial charge in [0.2, 0.25) is 0 Å². The van der Waals surface area contributed by atoms with E-state index in [2.05, 4.69) is 27.8 Å². The quantitative estimate of drug-likeness (QED) is 0.358. The number of hydrogen-bond donors (Lipinski definition) is 1. The number of nitrogens with one attached hydrogen (secondary N) is 1. The van der Waals surface area contributed by atoms with Crippen molar-refractivity contribution in [2.45, 2.75) is 13.5 Å². The molecule has 1 N–H and O–H groups in total. The summed E-state index contributed by atoms with van der Waals surface area (Å²) in [6.45, 7) is 1.89. The molecule has 2 heterocycles. The second-order valence-corrected chi connectivity index (χ2v) is 7.78. The van der Waals surface area contributed by atoms with Crippen LogP contribution in [0.15, 0.2) is 81.8 Å². The summed E-state index contributed by atoms with van der Waals surface area (Å²) in [7, 11) is 0. The number of aryl methyl sites for hydroxylation is 1. The van der Waals surface area contributed by atoms with Gasteiger partial charge in [-0.05, 0) is 29.8 Å². The fourth-order valence-corrected chi connectivity index (χ4v) is 3.83. The van der Waals surface area contributed by atoms with Crippen LogP contribution in [-0.2, 0) is 6.54 Å². The van der Waals surface area contributed by atoms with Gasteiger partial charge in [-0.1, -0.05) is 76.5 Å². The molecule has 32 heavy (non-hydrogen) atoms. The van der Waals surface area contributed by atoms with Crippen LogP contribution >= 0.6 is 11.6 Å². The van der Waals surface area contributed by atoms with Gasteiger partial charge >= 0.3 is 0 Å². The van der Waals surface area contributed by atoms with Crippen molar-refractivity contribution in [2.24, 2.45) is 0 Å². The van der Waals surface area contributed by atoms with Gasteiger partial charge in [-0.25, -0.2) is 0 Å². The third-order valence-electron chi connectivity index (χ3n) is 5.24. The summed E-state index contributed by atoms with van der Waals surface area (Å²) in [4.78, 5) is 12.9. The molecule has 0 bridgehead atoms. The molecule has 0 radical (unpaired) electrons. The van der Waals surface area contributed by atoms with Crippen molar-refractivity contribution in [3.05, 3.63) is 94.8 Å². The Bertz CT molecular complexity index is 1440. The number of carbonyl (C=O) groups is 1. The summed E-state index contributed by atoms with van der Waals surface area (Å²) in [5, 5.41) is 13.8. The molecule has 0 fully saturated rings. The number of aromatic nitrogens is 2. The van der Waals surface area contributed by atoms with Gasteiger partial charge in [0, 0.05) is 17.2 Å². The molecule has 2 aromatic heterocycles. The fraction of sp³-hybridized carbons (Fsp3) is 0.0800. The maximum absolute atomic E-state index is 12.9. The number of nitrogens with zero attached hydrogens (tertiary/aromatic N) is 2. The van der Waals surface area contributed by atoms with Crippen LogP contribution in [-0.4, -0.2) is 16.2 Å². The molecule has 0 saturated heterocycles. The summed E-state index contributed by atoms with van der Waals surface area (Å²) in [5.74, 6) is 0.723. The zero-order chi connectivity index (χ0) is 22.1. The second kappa shape index (κ2) is 8.32. The van der Waals surface area contributed by atoms with Crippen molar-refractivity contribution in [3.63, 3.8) is 0 Å². The molecular formula is C25H18ClN3O3. The lowest BCUT2D eigenvalue weighted by atomic mass is 10.1. The Morgan fingerprint density at radius 2 is 1.72 bits per heavy atom. The molecule has 3 aromatic carbocycles. The maximum Gasteiger partial charge on any atom is 0.257 e. The first kappa shape index (κ1) is 20.0. The van der Waals surface area contributed by atoms with Crippen LogP contribution in [0, 0.1) is 6.92 Å². The van der Waals surface area contributed by atoms with Crippen molar-refractivity contribution in [3.8, 4) is 22.6 Å². The highest BCUT2D eigenvalue weighted by atomic mass is 35.5. The number of fused-ring (bicyclic) bond motifs is 1. The Morgan fingerprint density at radius 1 is 0.938 bits per heavy atom. The first-order valence-electron chi connectivity index (χ1n) is 10.0. The highest BCUT2D eigenvalue weighted by Gasteiger charge is 2.23. The van der Waals surface area contributed by atoms with Crippen molar-refractivity contribution < 1.29 is 13.8 Å². The number of hydrogen-bond acceptors (Lipinski definition) is 5. The Labute approximate surface area is 188 Å². The van der Waals surface area contributed by atoms with E-state index in [4.69, 9.17) is 20.6 Å². The van der Waals surface area contributed by atoms with Crippen LogP contribution in [0.5, 0.6) is 0 Å². The minimum absolute atomic E-state index is 0.197. The first-order chi connectivity index (χ1) is 15.6. The van der Waals surface area contributed by atoms with E-state index in [0.29, 0.717) is 39.1 Å². The van der Waals surface area contributed by atoms with E-state index in [1.54, 1.807) is 19.1 Å². The molecule has 0 atom stereocenters. The molecule has 5 rings (SSSR count). The summed E-state index contributed by atoms with van der Waals surface area (Å²) in [5.41, 5.74) is 2.91. The molecule has 0 spiro atoms. The minimum atomic E-state index is -0.325. The summed E-state index contributed by atoms with van der Waals surface area (Å²) >= 11 is 6.28. The van der Waals surface area contributed by atoms with Gasteiger partial charge < -0.3 is 14.4 Å². The van der Waals surface area contributed by atoms with Gasteiger partial charge in [-0.3, -0.25) is 4.79 Å². The molecule has 0 aliphatic carbocycles. The smallest absolute Gasteiger partial charge is 0.257 e. The fourth-order valence-electron chi connectivity index (χ4n) is 3.61. The van der Waals surface area contributed by atoms with Gasteiger partial charge in [-0.15, -0.1) is 0 Å². The number of amides is 1. The third kappa shape index (κ3) is 3.76. The van der Waals surface area contributed by atoms with Crippen molar-refractivity contribution in [1.29, 1.82) is 0 Å². The standard InChI is InChI=1S/C25H18ClN3O3/c1-15-23(24(29-31-15)20-8-4-5-9-21(20)26)25(30)27-14-19-13-22(32-28-19)18-11-10-16-6-2-3-7-17(16)12-18/h2-13H,14H2,1H3,(H,27,30). The van der Waals surface area contributed by atoms with E-state index < -0.39 is 0 Å². The third-order valence-corrected chi connectivity index (χ3v) is 5.57. The minimum Gasteiger partial charge on any atom is -0.360 e.